The van der Waals surface area contributed by atoms with E-state index < -0.39 is 7.12 Å². The van der Waals surface area contributed by atoms with Crippen LogP contribution in [0.15, 0.2) is 60.9 Å². The molecule has 29 heavy (non-hydrogen) atoms. The van der Waals surface area contributed by atoms with Gasteiger partial charge in [-0.15, -0.1) is 0 Å². The third-order valence-electron chi connectivity index (χ3n) is 4.68. The van der Waals surface area contributed by atoms with Gasteiger partial charge in [0.15, 0.2) is 30.5 Å². The molecule has 1 aromatic heterocycles. The number of benzene rings is 1. The number of hydrogen-bond acceptors (Lipinski definition) is 4. The van der Waals surface area contributed by atoms with Gasteiger partial charge in [0.1, 0.15) is 0 Å². The summed E-state index contributed by atoms with van der Waals surface area (Å²) in [7, 11) is -1.51. The monoisotopic (exact) mass is 459 g/mol. The summed E-state index contributed by atoms with van der Waals surface area (Å²) in [6, 6.07) is 10.7. The van der Waals surface area contributed by atoms with Gasteiger partial charge in [0.2, 0.25) is 0 Å². The number of halogens is 1. The van der Waals surface area contributed by atoms with Gasteiger partial charge in [-0.25, -0.2) is 4.57 Å². The van der Waals surface area contributed by atoms with E-state index in [0.717, 1.165) is 24.8 Å². The quantitative estimate of drug-likeness (QED) is 0.148. The molecule has 0 aliphatic heterocycles. The molecule has 0 unspecified atom stereocenters. The Labute approximate surface area is 183 Å². The summed E-state index contributed by atoms with van der Waals surface area (Å²) in [5.74, 6) is 0.179. The second-order valence-corrected chi connectivity index (χ2v) is 7.02. The molecule has 0 atom stereocenters. The Morgan fingerprint density at radius 2 is 1.62 bits per heavy atom. The number of nitrogens with zero attached hydrogens (tertiary/aromatic N) is 1. The highest BCUT2D eigenvalue weighted by atomic mass is 79.9. The zero-order valence-electron chi connectivity index (χ0n) is 16.7. The van der Waals surface area contributed by atoms with Crippen LogP contribution in [0.4, 0.5) is 0 Å². The highest BCUT2D eigenvalue weighted by Crippen LogP contribution is 2.10. The molecule has 0 amide bonds. The molecule has 0 aliphatic carbocycles. The lowest BCUT2D eigenvalue weighted by Gasteiger charge is -2.06. The third-order valence-corrected chi connectivity index (χ3v) is 4.68. The predicted molar refractivity (Wildman–Crippen MR) is 109 cm³/mol. The fraction of sp³-hybridized carbons (Fsp3) is 0.318. The smallest absolute Gasteiger partial charge is 0.488 e. The van der Waals surface area contributed by atoms with Gasteiger partial charge in [0.25, 0.3) is 0 Å². The maximum absolute atomic E-state index is 12.3. The number of carbonyl (C=O) groups excluding carboxylic acids is 2. The lowest BCUT2D eigenvalue weighted by atomic mass is 9.77. The van der Waals surface area contributed by atoms with Crippen LogP contribution in [0.2, 0.25) is 0 Å². The number of hydrogen-bond donors (Lipinski definition) is 2. The van der Waals surface area contributed by atoms with Crippen molar-refractivity contribution in [3.05, 3.63) is 72.1 Å². The fourth-order valence-corrected chi connectivity index (χ4v) is 2.98. The summed E-state index contributed by atoms with van der Waals surface area (Å²) in [6.45, 7) is 5.84. The fourth-order valence-electron chi connectivity index (χ4n) is 2.98. The lowest BCUT2D eigenvalue weighted by molar-refractivity contribution is -0.688. The molecule has 0 saturated heterocycles. The van der Waals surface area contributed by atoms with E-state index in [-0.39, 0.29) is 28.5 Å². The van der Waals surface area contributed by atoms with Gasteiger partial charge in [-0.1, -0.05) is 37.3 Å². The molecule has 7 heteroatoms. The van der Waals surface area contributed by atoms with Crippen LogP contribution >= 0.6 is 0 Å². The van der Waals surface area contributed by atoms with Crippen molar-refractivity contribution in [2.24, 2.45) is 0 Å². The molecule has 2 N–H and O–H groups in total. The van der Waals surface area contributed by atoms with Crippen molar-refractivity contribution in [3.63, 3.8) is 0 Å². The van der Waals surface area contributed by atoms with Crippen LogP contribution in [0.25, 0.3) is 0 Å². The number of Topliss-reactive ketones (excluding diaryl/α,β-unsaturated/α-hetero) is 2. The minimum Gasteiger partial charge on any atom is -1.00 e. The van der Waals surface area contributed by atoms with E-state index >= 15 is 0 Å². The van der Waals surface area contributed by atoms with E-state index in [1.807, 2.05) is 29.1 Å². The number of carbonyl (C=O) groups is 2. The second-order valence-electron chi connectivity index (χ2n) is 7.02. The first-order valence-corrected chi connectivity index (χ1v) is 9.53. The molecule has 1 heterocycles. The van der Waals surface area contributed by atoms with Gasteiger partial charge < -0.3 is 27.0 Å². The summed E-state index contributed by atoms with van der Waals surface area (Å²) in [4.78, 5) is 23.8. The van der Waals surface area contributed by atoms with Crippen molar-refractivity contribution in [1.29, 1.82) is 0 Å². The number of allylic oxidation sites excluding steroid dienone is 1. The van der Waals surface area contributed by atoms with Crippen LogP contribution in [-0.2, 0) is 11.3 Å². The summed E-state index contributed by atoms with van der Waals surface area (Å²) in [5.41, 5.74) is 2.53. The second kappa shape index (κ2) is 12.5. The molecule has 0 aliphatic rings. The van der Waals surface area contributed by atoms with Gasteiger partial charge >= 0.3 is 7.12 Å². The van der Waals surface area contributed by atoms with Crippen molar-refractivity contribution in [3.8, 4) is 0 Å². The molecule has 5 nitrogen and oxygen atoms in total. The Bertz CT molecular complexity index is 837. The van der Waals surface area contributed by atoms with Crippen molar-refractivity contribution >= 4 is 24.1 Å². The van der Waals surface area contributed by atoms with Crippen LogP contribution in [0, 0.1) is 0 Å². The zero-order chi connectivity index (χ0) is 20.5. The lowest BCUT2D eigenvalue weighted by Crippen LogP contribution is -3.00. The molecule has 0 fully saturated rings. The topological polar surface area (TPSA) is 78.5 Å². The Morgan fingerprint density at radius 3 is 2.24 bits per heavy atom. The van der Waals surface area contributed by atoms with Crippen molar-refractivity contribution in [1.82, 2.24) is 0 Å². The molecule has 2 rings (SSSR count). The van der Waals surface area contributed by atoms with E-state index in [1.165, 1.54) is 0 Å². The highest BCUT2D eigenvalue weighted by Gasteiger charge is 2.18. The average Bonchev–Trinajstić information content (AvgIpc) is 2.68. The van der Waals surface area contributed by atoms with Crippen molar-refractivity contribution in [2.45, 2.75) is 45.6 Å². The van der Waals surface area contributed by atoms with E-state index in [9.17, 15) is 19.6 Å². The van der Waals surface area contributed by atoms with Crippen molar-refractivity contribution in [2.75, 3.05) is 0 Å². The average molecular weight is 460 g/mol. The highest BCUT2D eigenvalue weighted by molar-refractivity contribution is 6.59. The summed E-state index contributed by atoms with van der Waals surface area (Å²) in [5, 5.41) is 18.9. The Kier molecular flexibility index (Phi) is 10.7. The van der Waals surface area contributed by atoms with E-state index in [1.54, 1.807) is 31.2 Å². The van der Waals surface area contributed by atoms with Crippen LogP contribution in [0.5, 0.6) is 0 Å². The van der Waals surface area contributed by atoms with Gasteiger partial charge in [0, 0.05) is 36.1 Å². The van der Waals surface area contributed by atoms with Crippen LogP contribution < -0.4 is 27.0 Å². The predicted octanol–water partition coefficient (Wildman–Crippen LogP) is -1.02. The Balaban J connectivity index is 0.00000420. The molecule has 2 aromatic rings. The number of ketones is 2. The van der Waals surface area contributed by atoms with Gasteiger partial charge in [-0.2, -0.15) is 0 Å². The Hall–Kier alpha value is -2.09. The first-order valence-electron chi connectivity index (χ1n) is 9.53. The first kappa shape index (κ1) is 25.0. The minimum absolute atomic E-state index is 0. The maximum atomic E-state index is 12.3. The van der Waals surface area contributed by atoms with E-state index in [4.69, 9.17) is 0 Å². The Morgan fingerprint density at radius 1 is 1.00 bits per heavy atom. The SMILES string of the molecule is C=C(C)C(=O)CCCCCC(=O)c1cc[n+](Cc2ccccc2B(O)O)cc1.[Br-]. The van der Waals surface area contributed by atoms with Gasteiger partial charge in [0.05, 0.1) is 0 Å². The number of rotatable bonds is 11. The summed E-state index contributed by atoms with van der Waals surface area (Å²) >= 11 is 0. The molecular formula is C22H27BBrNO4. The number of unbranched alkanes of at least 4 members (excludes halogenated alkanes) is 2. The van der Waals surface area contributed by atoms with E-state index in [2.05, 4.69) is 6.58 Å². The van der Waals surface area contributed by atoms with Crippen molar-refractivity contribution < 1.29 is 41.2 Å². The van der Waals surface area contributed by atoms with Gasteiger partial charge in [-0.05, 0) is 30.8 Å². The minimum atomic E-state index is -1.51. The van der Waals surface area contributed by atoms with Crippen LogP contribution in [-0.4, -0.2) is 28.7 Å². The normalized spacial score (nSPS) is 10.2. The number of aromatic nitrogens is 1. The molecular weight excluding hydrogens is 433 g/mol. The van der Waals surface area contributed by atoms with Crippen LogP contribution in [0.1, 0.15) is 54.9 Å². The molecule has 1 aromatic carbocycles. The molecule has 0 spiro atoms. The standard InChI is InChI=1S/C22H27BNO4.BrH/c1-17(2)21(25)10-4-3-5-11-22(26)18-12-14-24(15-13-18)16-19-8-6-7-9-20(19)23(27)28;/h6-9,12-15,27-28H,1,3-5,10-11,16H2,2H3;1H/q+1;/p-1. The summed E-state index contributed by atoms with van der Waals surface area (Å²) in [6.07, 6.45) is 6.99. The molecule has 154 valence electrons. The summed E-state index contributed by atoms with van der Waals surface area (Å²) < 4.78 is 1.89. The molecule has 0 radical (unpaired) electrons. The largest absolute Gasteiger partial charge is 1.00 e. The maximum Gasteiger partial charge on any atom is 0.488 e. The third kappa shape index (κ3) is 8.05. The zero-order valence-corrected chi connectivity index (χ0v) is 18.3. The molecule has 0 bridgehead atoms. The number of pyridine rings is 1. The van der Waals surface area contributed by atoms with Gasteiger partial charge in [-0.3, -0.25) is 9.59 Å². The first-order chi connectivity index (χ1) is 13.4. The molecule has 0 saturated carbocycles. The van der Waals surface area contributed by atoms with Crippen LogP contribution in [0.3, 0.4) is 0 Å². The van der Waals surface area contributed by atoms with E-state index in [0.29, 0.717) is 36.0 Å².